The summed E-state index contributed by atoms with van der Waals surface area (Å²) in [6, 6.07) is 3.91. The van der Waals surface area contributed by atoms with Crippen LogP contribution in [0.25, 0.3) is 0 Å². The Morgan fingerprint density at radius 1 is 1.62 bits per heavy atom. The Bertz CT molecular complexity index is 398. The van der Waals surface area contributed by atoms with Crippen molar-refractivity contribution in [3.63, 3.8) is 0 Å². The zero-order valence-electron chi connectivity index (χ0n) is 9.08. The Morgan fingerprint density at radius 2 is 2.25 bits per heavy atom. The lowest BCUT2D eigenvalue weighted by Gasteiger charge is -2.23. The summed E-state index contributed by atoms with van der Waals surface area (Å²) in [4.78, 5) is 13.2. The molecule has 1 atom stereocenters. The highest BCUT2D eigenvalue weighted by Crippen LogP contribution is 2.17. The third-order valence-corrected chi connectivity index (χ3v) is 3.06. The molecule has 0 fully saturated rings. The highest BCUT2D eigenvalue weighted by atomic mass is 79.9. The topological polar surface area (TPSA) is 40.5 Å². The van der Waals surface area contributed by atoms with Crippen LogP contribution in [0.1, 0.15) is 17.3 Å². The standard InChI is InChI=1S/C11H13BrFNO2/c1-7(6-15)14(2)11(16)8-3-4-9(12)10(13)5-8/h3-5,7,15H,6H2,1-2H3. The van der Waals surface area contributed by atoms with Gasteiger partial charge in [0.15, 0.2) is 0 Å². The van der Waals surface area contributed by atoms with E-state index < -0.39 is 5.82 Å². The quantitative estimate of drug-likeness (QED) is 0.925. The molecule has 3 nitrogen and oxygen atoms in total. The van der Waals surface area contributed by atoms with Crippen LogP contribution in [0.5, 0.6) is 0 Å². The van der Waals surface area contributed by atoms with E-state index in [2.05, 4.69) is 15.9 Å². The maximum absolute atomic E-state index is 13.2. The summed E-state index contributed by atoms with van der Waals surface area (Å²) in [7, 11) is 1.57. The number of aliphatic hydroxyl groups is 1. The lowest BCUT2D eigenvalue weighted by Crippen LogP contribution is -2.37. The van der Waals surface area contributed by atoms with Crippen LogP contribution in [0.4, 0.5) is 4.39 Å². The SMILES string of the molecule is CC(CO)N(C)C(=O)c1ccc(Br)c(F)c1. The van der Waals surface area contributed by atoms with Gasteiger partial charge in [-0.25, -0.2) is 4.39 Å². The molecule has 0 spiro atoms. The number of nitrogens with zero attached hydrogens (tertiary/aromatic N) is 1. The second-order valence-electron chi connectivity index (χ2n) is 3.58. The third-order valence-electron chi connectivity index (χ3n) is 2.41. The molecule has 0 heterocycles. The Hall–Kier alpha value is -0.940. The molecular weight excluding hydrogens is 277 g/mol. The molecule has 5 heteroatoms. The summed E-state index contributed by atoms with van der Waals surface area (Å²) >= 11 is 3.02. The van der Waals surface area contributed by atoms with Crippen LogP contribution in [0.3, 0.4) is 0 Å². The summed E-state index contributed by atoms with van der Waals surface area (Å²) in [6.07, 6.45) is 0. The minimum absolute atomic E-state index is 0.124. The van der Waals surface area contributed by atoms with Crippen molar-refractivity contribution in [2.24, 2.45) is 0 Å². The van der Waals surface area contributed by atoms with Crippen molar-refractivity contribution in [1.29, 1.82) is 0 Å². The van der Waals surface area contributed by atoms with Crippen molar-refractivity contribution in [1.82, 2.24) is 4.90 Å². The molecule has 1 amide bonds. The Morgan fingerprint density at radius 3 is 2.75 bits per heavy atom. The van der Waals surface area contributed by atoms with Gasteiger partial charge in [-0.15, -0.1) is 0 Å². The zero-order valence-corrected chi connectivity index (χ0v) is 10.7. The van der Waals surface area contributed by atoms with Gasteiger partial charge in [-0.3, -0.25) is 4.79 Å². The van der Waals surface area contributed by atoms with Crippen LogP contribution in [0.2, 0.25) is 0 Å². The molecule has 1 aromatic rings. The number of likely N-dealkylation sites (N-methyl/N-ethyl adjacent to an activating group) is 1. The van der Waals surface area contributed by atoms with Crippen molar-refractivity contribution in [3.8, 4) is 0 Å². The molecule has 1 aromatic carbocycles. The van der Waals surface area contributed by atoms with E-state index in [1.165, 1.54) is 23.1 Å². The lowest BCUT2D eigenvalue weighted by atomic mass is 10.2. The second-order valence-corrected chi connectivity index (χ2v) is 4.43. The third kappa shape index (κ3) is 2.80. The highest BCUT2D eigenvalue weighted by molar-refractivity contribution is 9.10. The largest absolute Gasteiger partial charge is 0.394 e. The lowest BCUT2D eigenvalue weighted by molar-refractivity contribution is 0.0681. The van der Waals surface area contributed by atoms with Gasteiger partial charge in [0, 0.05) is 12.6 Å². The van der Waals surface area contributed by atoms with Crippen LogP contribution in [0.15, 0.2) is 22.7 Å². The zero-order chi connectivity index (χ0) is 12.3. The highest BCUT2D eigenvalue weighted by Gasteiger charge is 2.17. The van der Waals surface area contributed by atoms with Gasteiger partial charge in [0.1, 0.15) is 5.82 Å². The van der Waals surface area contributed by atoms with E-state index in [0.717, 1.165) is 0 Å². The minimum atomic E-state index is -0.476. The van der Waals surface area contributed by atoms with E-state index in [1.54, 1.807) is 14.0 Å². The maximum Gasteiger partial charge on any atom is 0.254 e. The molecule has 1 unspecified atom stereocenters. The average molecular weight is 290 g/mol. The Balaban J connectivity index is 2.92. The molecule has 0 saturated heterocycles. The van der Waals surface area contributed by atoms with Crippen LogP contribution < -0.4 is 0 Å². The van der Waals surface area contributed by atoms with Gasteiger partial charge in [0.2, 0.25) is 0 Å². The summed E-state index contributed by atoms with van der Waals surface area (Å²) in [5.41, 5.74) is 0.267. The first-order chi connectivity index (χ1) is 7.47. The van der Waals surface area contributed by atoms with Gasteiger partial charge in [-0.05, 0) is 41.1 Å². The molecule has 1 N–H and O–H groups in total. The van der Waals surface area contributed by atoms with E-state index in [4.69, 9.17) is 5.11 Å². The molecule has 16 heavy (non-hydrogen) atoms. The van der Waals surface area contributed by atoms with Gasteiger partial charge in [-0.2, -0.15) is 0 Å². The molecule has 88 valence electrons. The van der Waals surface area contributed by atoms with Crippen LogP contribution in [-0.4, -0.2) is 35.6 Å². The minimum Gasteiger partial charge on any atom is -0.394 e. The van der Waals surface area contributed by atoms with Crippen LogP contribution in [-0.2, 0) is 0 Å². The van der Waals surface area contributed by atoms with Gasteiger partial charge < -0.3 is 10.0 Å². The number of aliphatic hydroxyl groups excluding tert-OH is 1. The van der Waals surface area contributed by atoms with Gasteiger partial charge in [0.05, 0.1) is 17.1 Å². The van der Waals surface area contributed by atoms with Crippen molar-refractivity contribution in [3.05, 3.63) is 34.1 Å². The summed E-state index contributed by atoms with van der Waals surface area (Å²) in [6.45, 7) is 1.59. The summed E-state index contributed by atoms with van der Waals surface area (Å²) in [5, 5.41) is 8.92. The first-order valence-corrected chi connectivity index (χ1v) is 5.59. The number of hydrogen-bond donors (Lipinski definition) is 1. The summed E-state index contributed by atoms with van der Waals surface area (Å²) in [5.74, 6) is -0.788. The molecule has 1 rings (SSSR count). The second kappa shape index (κ2) is 5.41. The fraction of sp³-hybridized carbons (Fsp3) is 0.364. The van der Waals surface area contributed by atoms with Crippen molar-refractivity contribution in [2.75, 3.05) is 13.7 Å². The fourth-order valence-electron chi connectivity index (χ4n) is 1.16. The van der Waals surface area contributed by atoms with Crippen LogP contribution in [0, 0.1) is 5.82 Å². The number of rotatable bonds is 3. The molecule has 0 radical (unpaired) electrons. The normalized spacial score (nSPS) is 12.3. The summed E-state index contributed by atoms with van der Waals surface area (Å²) < 4.78 is 13.5. The van der Waals surface area contributed by atoms with E-state index in [-0.39, 0.29) is 24.1 Å². The van der Waals surface area contributed by atoms with E-state index >= 15 is 0 Å². The fourth-order valence-corrected chi connectivity index (χ4v) is 1.40. The number of benzene rings is 1. The first-order valence-electron chi connectivity index (χ1n) is 4.80. The number of hydrogen-bond acceptors (Lipinski definition) is 2. The van der Waals surface area contributed by atoms with Crippen molar-refractivity contribution < 1.29 is 14.3 Å². The Kier molecular flexibility index (Phi) is 4.44. The van der Waals surface area contributed by atoms with Crippen molar-refractivity contribution in [2.45, 2.75) is 13.0 Å². The maximum atomic E-state index is 13.2. The van der Waals surface area contributed by atoms with Gasteiger partial charge >= 0.3 is 0 Å². The Labute approximate surface area is 102 Å². The monoisotopic (exact) mass is 289 g/mol. The molecular formula is C11H13BrFNO2. The number of carbonyl (C=O) groups excluding carboxylic acids is 1. The molecule has 0 aliphatic heterocycles. The van der Waals surface area contributed by atoms with Gasteiger partial charge in [0.25, 0.3) is 5.91 Å². The smallest absolute Gasteiger partial charge is 0.254 e. The molecule has 0 aliphatic carbocycles. The number of halogens is 2. The van der Waals surface area contributed by atoms with E-state index in [0.29, 0.717) is 4.47 Å². The first kappa shape index (κ1) is 13.1. The molecule has 0 aromatic heterocycles. The molecule has 0 aliphatic rings. The van der Waals surface area contributed by atoms with E-state index in [9.17, 15) is 9.18 Å². The van der Waals surface area contributed by atoms with Crippen molar-refractivity contribution >= 4 is 21.8 Å². The average Bonchev–Trinajstić information content (AvgIpc) is 2.29. The predicted molar refractivity (Wildman–Crippen MR) is 62.7 cm³/mol. The molecule has 0 saturated carbocycles. The van der Waals surface area contributed by atoms with Crippen LogP contribution >= 0.6 is 15.9 Å². The number of amides is 1. The molecule has 0 bridgehead atoms. The van der Waals surface area contributed by atoms with E-state index in [1.807, 2.05) is 0 Å². The number of carbonyl (C=O) groups is 1. The van der Waals surface area contributed by atoms with Gasteiger partial charge in [-0.1, -0.05) is 0 Å². The predicted octanol–water partition coefficient (Wildman–Crippen LogP) is 2.04.